The third-order valence-corrected chi connectivity index (χ3v) is 6.22. The molecule has 1 fully saturated rings. The Kier molecular flexibility index (Phi) is 8.82. The first-order chi connectivity index (χ1) is 17.1. The van der Waals surface area contributed by atoms with Gasteiger partial charge in [-0.15, -0.1) is 0 Å². The topological polar surface area (TPSA) is 117 Å². The second kappa shape index (κ2) is 11.8. The highest BCUT2D eigenvalue weighted by molar-refractivity contribution is 6.46. The van der Waals surface area contributed by atoms with E-state index in [-0.39, 0.29) is 23.4 Å². The maximum atomic E-state index is 13.6. The maximum Gasteiger partial charge on any atom is 0.295 e. The Morgan fingerprint density at radius 2 is 1.81 bits per heavy atom. The number of nitro groups is 1. The van der Waals surface area contributed by atoms with E-state index in [9.17, 15) is 24.8 Å². The van der Waals surface area contributed by atoms with E-state index < -0.39 is 28.4 Å². The first-order valence-corrected chi connectivity index (χ1v) is 12.2. The molecule has 192 valence electrons. The van der Waals surface area contributed by atoms with Gasteiger partial charge in [0, 0.05) is 30.7 Å². The average molecular weight is 496 g/mol. The van der Waals surface area contributed by atoms with E-state index in [0.717, 1.165) is 24.9 Å². The summed E-state index contributed by atoms with van der Waals surface area (Å²) in [6.45, 7) is 5.53. The lowest BCUT2D eigenvalue weighted by atomic mass is 9.94. The average Bonchev–Trinajstić information content (AvgIpc) is 3.09. The van der Waals surface area contributed by atoms with Gasteiger partial charge in [-0.3, -0.25) is 19.7 Å². The Balaban J connectivity index is 2.04. The minimum absolute atomic E-state index is 0.112. The van der Waals surface area contributed by atoms with Crippen LogP contribution in [0.3, 0.4) is 0 Å². The number of amides is 1. The molecule has 0 radical (unpaired) electrons. The number of hydrogen-bond acceptors (Lipinski definition) is 6. The molecule has 2 aromatic carbocycles. The molecule has 0 spiro atoms. The number of nitrogens with zero attached hydrogens (tertiary/aromatic N) is 2. The summed E-state index contributed by atoms with van der Waals surface area (Å²) in [6, 6.07) is 9.71. The van der Waals surface area contributed by atoms with Crippen molar-refractivity contribution in [3.8, 4) is 5.75 Å². The van der Waals surface area contributed by atoms with Crippen molar-refractivity contribution in [1.29, 1.82) is 0 Å². The zero-order chi connectivity index (χ0) is 26.4. The van der Waals surface area contributed by atoms with Crippen LogP contribution in [-0.2, 0) is 9.59 Å². The first kappa shape index (κ1) is 26.9. The van der Waals surface area contributed by atoms with Gasteiger partial charge in [0.1, 0.15) is 5.75 Å². The molecule has 9 heteroatoms. The minimum Gasteiger partial charge on any atom is -0.872 e. The van der Waals surface area contributed by atoms with Crippen LogP contribution < -0.4 is 14.7 Å². The summed E-state index contributed by atoms with van der Waals surface area (Å²) in [5.74, 6) is -1.42. The van der Waals surface area contributed by atoms with Crippen molar-refractivity contribution >= 4 is 23.1 Å². The lowest BCUT2D eigenvalue weighted by molar-refractivity contribution is -0.858. The summed E-state index contributed by atoms with van der Waals surface area (Å²) in [5.41, 5.74) is 1.28. The van der Waals surface area contributed by atoms with Crippen molar-refractivity contribution < 1.29 is 29.3 Å². The molecule has 1 heterocycles. The van der Waals surface area contributed by atoms with Crippen molar-refractivity contribution in [2.24, 2.45) is 0 Å². The largest absolute Gasteiger partial charge is 0.872 e. The van der Waals surface area contributed by atoms with Crippen molar-refractivity contribution in [3.05, 3.63) is 74.8 Å². The number of likely N-dealkylation sites (tertiary alicyclic amines) is 1. The molecule has 1 N–H and O–H groups in total. The van der Waals surface area contributed by atoms with Crippen LogP contribution in [0.4, 0.5) is 5.69 Å². The lowest BCUT2D eigenvalue weighted by Crippen LogP contribution is -3.05. The molecule has 1 amide bonds. The number of nitrogens with one attached hydrogen (secondary N) is 1. The van der Waals surface area contributed by atoms with Gasteiger partial charge in [0.15, 0.2) is 0 Å². The molecule has 1 saturated heterocycles. The van der Waals surface area contributed by atoms with Crippen molar-refractivity contribution in [3.63, 3.8) is 0 Å². The molecule has 0 aliphatic carbocycles. The van der Waals surface area contributed by atoms with Gasteiger partial charge in [-0.05, 0) is 54.3 Å². The van der Waals surface area contributed by atoms with E-state index in [2.05, 4.69) is 6.92 Å². The Labute approximate surface area is 211 Å². The molecule has 2 aromatic rings. The Morgan fingerprint density at radius 1 is 1.11 bits per heavy atom. The first-order valence-electron chi connectivity index (χ1n) is 12.2. The van der Waals surface area contributed by atoms with Gasteiger partial charge in [0.25, 0.3) is 11.6 Å². The summed E-state index contributed by atoms with van der Waals surface area (Å²) in [5, 5.41) is 24.7. The summed E-state index contributed by atoms with van der Waals surface area (Å²) < 4.78 is 5.77. The van der Waals surface area contributed by atoms with Crippen LogP contribution in [0.5, 0.6) is 5.75 Å². The Bertz CT molecular complexity index is 1160. The highest BCUT2D eigenvalue weighted by Gasteiger charge is 2.44. The summed E-state index contributed by atoms with van der Waals surface area (Å²) in [7, 11) is 3.98. The number of non-ortho nitro benzene ring substituents is 1. The molecule has 1 aliphatic rings. The molecule has 0 saturated carbocycles. The van der Waals surface area contributed by atoms with E-state index in [0.29, 0.717) is 24.3 Å². The monoisotopic (exact) mass is 495 g/mol. The van der Waals surface area contributed by atoms with E-state index in [1.807, 2.05) is 21.0 Å². The second-order valence-electron chi connectivity index (χ2n) is 9.31. The van der Waals surface area contributed by atoms with Crippen molar-refractivity contribution in [2.75, 3.05) is 33.8 Å². The summed E-state index contributed by atoms with van der Waals surface area (Å²) in [6.07, 6.45) is 2.55. The normalized spacial score (nSPS) is 17.1. The van der Waals surface area contributed by atoms with E-state index in [1.165, 1.54) is 34.1 Å². The number of aryl methyl sites for hydroxylation is 1. The number of ether oxygens (including phenoxy) is 1. The van der Waals surface area contributed by atoms with Crippen molar-refractivity contribution in [2.45, 2.75) is 39.2 Å². The third kappa shape index (κ3) is 5.91. The number of hydrogen-bond donors (Lipinski definition) is 1. The quantitative estimate of drug-likeness (QED) is 0.127. The smallest absolute Gasteiger partial charge is 0.295 e. The number of carbonyl (C=O) groups is 2. The zero-order valence-electron chi connectivity index (χ0n) is 21.2. The summed E-state index contributed by atoms with van der Waals surface area (Å²) in [4.78, 5) is 39.4. The Morgan fingerprint density at radius 3 is 2.39 bits per heavy atom. The van der Waals surface area contributed by atoms with Crippen LogP contribution in [0.1, 0.15) is 48.9 Å². The number of nitro benzene ring substituents is 1. The fraction of sp³-hybridized carbons (Fsp3) is 0.407. The number of unbranched alkanes of at least 4 members (excludes halogenated alkanes) is 1. The maximum absolute atomic E-state index is 13.6. The summed E-state index contributed by atoms with van der Waals surface area (Å²) >= 11 is 0. The number of carbonyl (C=O) groups excluding carboxylic acids is 2. The molecule has 1 aliphatic heterocycles. The lowest BCUT2D eigenvalue weighted by Gasteiger charge is -2.27. The molecular weight excluding hydrogens is 462 g/mol. The van der Waals surface area contributed by atoms with Crippen LogP contribution >= 0.6 is 0 Å². The number of ketones is 1. The van der Waals surface area contributed by atoms with Gasteiger partial charge < -0.3 is 19.6 Å². The molecular formula is C27H33N3O6. The van der Waals surface area contributed by atoms with E-state index >= 15 is 0 Å². The predicted molar refractivity (Wildman–Crippen MR) is 133 cm³/mol. The van der Waals surface area contributed by atoms with Gasteiger partial charge in [-0.2, -0.15) is 0 Å². The highest BCUT2D eigenvalue weighted by Crippen LogP contribution is 2.39. The predicted octanol–water partition coefficient (Wildman–Crippen LogP) is 1.84. The van der Waals surface area contributed by atoms with E-state index in [1.54, 1.807) is 18.2 Å². The molecule has 36 heavy (non-hydrogen) atoms. The number of benzene rings is 2. The number of quaternary nitrogens is 1. The molecule has 0 bridgehead atoms. The SMILES string of the molecule is CCCCOc1ccc(/C([O-])=C2\C(=O)C(=O)N(CCC[NH+](C)C)C2c2ccc([N+](=O)[O-])cc2)cc1C. The van der Waals surface area contributed by atoms with Gasteiger partial charge >= 0.3 is 0 Å². The van der Waals surface area contributed by atoms with Crippen LogP contribution in [0.2, 0.25) is 0 Å². The van der Waals surface area contributed by atoms with Crippen LogP contribution in [-0.4, -0.2) is 55.3 Å². The van der Waals surface area contributed by atoms with E-state index in [4.69, 9.17) is 4.74 Å². The van der Waals surface area contributed by atoms with Gasteiger partial charge in [-0.25, -0.2) is 0 Å². The number of Topliss-reactive ketones (excluding diaryl/α,β-unsaturated/α-hetero) is 1. The molecule has 1 atom stereocenters. The zero-order valence-corrected chi connectivity index (χ0v) is 21.2. The van der Waals surface area contributed by atoms with Gasteiger partial charge in [0.2, 0.25) is 5.78 Å². The minimum atomic E-state index is -0.906. The van der Waals surface area contributed by atoms with Crippen molar-refractivity contribution in [1.82, 2.24) is 4.90 Å². The van der Waals surface area contributed by atoms with Crippen LogP contribution in [0.15, 0.2) is 48.0 Å². The van der Waals surface area contributed by atoms with Crippen LogP contribution in [0, 0.1) is 17.0 Å². The standard InChI is InChI=1S/C27H33N3O6/c1-5-6-16-36-22-13-10-20(17-18(22)2)25(31)23-24(19-8-11-21(12-9-19)30(34)35)29(27(33)26(23)32)15-7-14-28(3)4/h8-13,17,24,31H,5-7,14-16H2,1-4H3/b25-23+. The molecule has 9 nitrogen and oxygen atoms in total. The van der Waals surface area contributed by atoms with Gasteiger partial charge in [0.05, 0.1) is 38.2 Å². The second-order valence-corrected chi connectivity index (χ2v) is 9.31. The molecule has 3 rings (SSSR count). The third-order valence-electron chi connectivity index (χ3n) is 6.22. The fourth-order valence-electron chi connectivity index (χ4n) is 4.26. The Hall–Kier alpha value is -3.72. The van der Waals surface area contributed by atoms with Gasteiger partial charge in [-0.1, -0.05) is 25.2 Å². The number of rotatable bonds is 11. The highest BCUT2D eigenvalue weighted by atomic mass is 16.6. The molecule has 1 unspecified atom stereocenters. The molecule has 0 aromatic heterocycles. The fourth-order valence-corrected chi connectivity index (χ4v) is 4.26. The van der Waals surface area contributed by atoms with Crippen LogP contribution in [0.25, 0.3) is 5.76 Å².